The topological polar surface area (TPSA) is 64.1 Å². The Balaban J connectivity index is 1.47. The van der Waals surface area contributed by atoms with Crippen molar-refractivity contribution in [2.75, 3.05) is 46.6 Å². The summed E-state index contributed by atoms with van der Waals surface area (Å²) in [6.45, 7) is 4.94. The molecule has 0 spiro atoms. The molecule has 1 aromatic rings. The Hall–Kier alpha value is -1.34. The number of nitrogens with zero attached hydrogens (tertiary/aromatic N) is 1. The van der Waals surface area contributed by atoms with Crippen molar-refractivity contribution in [3.8, 4) is 0 Å². The molecule has 140 valence electrons. The minimum atomic E-state index is 0.272. The normalized spacial score (nSPS) is 17.7. The second kappa shape index (κ2) is 12.1. The first-order chi connectivity index (χ1) is 12.3. The molecular weight excluding hydrogens is 342 g/mol. The Morgan fingerprint density at radius 1 is 1.32 bits per heavy atom. The standard InChI is InChI=1S/C18H28ClN3O3/c1-20-18(21-7-3-9-25-17-6-10-23-14-17)22-8-11-24-13-15-4-2-5-16(19)12-15/h2,4-5,12,17H,3,6-11,13-14H2,1H3,(H2,20,21,22). The van der Waals surface area contributed by atoms with Gasteiger partial charge >= 0.3 is 0 Å². The first-order valence-electron chi connectivity index (χ1n) is 8.74. The van der Waals surface area contributed by atoms with Crippen LogP contribution < -0.4 is 10.6 Å². The van der Waals surface area contributed by atoms with E-state index in [0.29, 0.717) is 19.8 Å². The van der Waals surface area contributed by atoms with E-state index < -0.39 is 0 Å². The van der Waals surface area contributed by atoms with Gasteiger partial charge in [-0.3, -0.25) is 4.99 Å². The third-order valence-electron chi connectivity index (χ3n) is 3.78. The molecule has 6 nitrogen and oxygen atoms in total. The van der Waals surface area contributed by atoms with Gasteiger partial charge in [0.15, 0.2) is 5.96 Å². The molecule has 0 radical (unpaired) electrons. The van der Waals surface area contributed by atoms with E-state index in [1.54, 1.807) is 7.05 Å². The predicted molar refractivity (Wildman–Crippen MR) is 100 cm³/mol. The number of hydrogen-bond acceptors (Lipinski definition) is 4. The van der Waals surface area contributed by atoms with Crippen LogP contribution in [0, 0.1) is 0 Å². The first-order valence-corrected chi connectivity index (χ1v) is 9.12. The average Bonchev–Trinajstić information content (AvgIpc) is 3.13. The lowest BCUT2D eigenvalue weighted by Crippen LogP contribution is -2.39. The zero-order valence-corrected chi connectivity index (χ0v) is 15.6. The Labute approximate surface area is 154 Å². The van der Waals surface area contributed by atoms with Crippen molar-refractivity contribution in [2.24, 2.45) is 4.99 Å². The molecular formula is C18H28ClN3O3. The first kappa shape index (κ1) is 20.0. The lowest BCUT2D eigenvalue weighted by molar-refractivity contribution is 0.0420. The average molecular weight is 370 g/mol. The van der Waals surface area contributed by atoms with Gasteiger partial charge < -0.3 is 24.8 Å². The summed E-state index contributed by atoms with van der Waals surface area (Å²) in [5.74, 6) is 0.774. The van der Waals surface area contributed by atoms with Crippen LogP contribution in [-0.2, 0) is 20.8 Å². The Morgan fingerprint density at radius 2 is 2.20 bits per heavy atom. The minimum Gasteiger partial charge on any atom is -0.379 e. The monoisotopic (exact) mass is 369 g/mol. The second-order valence-electron chi connectivity index (χ2n) is 5.82. The highest BCUT2D eigenvalue weighted by Crippen LogP contribution is 2.11. The van der Waals surface area contributed by atoms with Crippen LogP contribution >= 0.6 is 11.6 Å². The molecule has 0 bridgehead atoms. The lowest BCUT2D eigenvalue weighted by atomic mass is 10.2. The summed E-state index contributed by atoms with van der Waals surface area (Å²) in [7, 11) is 1.76. The van der Waals surface area contributed by atoms with Crippen molar-refractivity contribution < 1.29 is 14.2 Å². The van der Waals surface area contributed by atoms with E-state index in [-0.39, 0.29) is 6.10 Å². The van der Waals surface area contributed by atoms with Crippen LogP contribution in [0.25, 0.3) is 0 Å². The fourth-order valence-electron chi connectivity index (χ4n) is 2.45. The number of aliphatic imine (C=N–C) groups is 1. The van der Waals surface area contributed by atoms with Gasteiger partial charge in [-0.2, -0.15) is 0 Å². The van der Waals surface area contributed by atoms with Crippen molar-refractivity contribution >= 4 is 17.6 Å². The molecule has 0 aliphatic carbocycles. The number of rotatable bonds is 10. The molecule has 0 saturated carbocycles. The fraction of sp³-hybridized carbons (Fsp3) is 0.611. The van der Waals surface area contributed by atoms with Gasteiger partial charge in [-0.05, 0) is 30.5 Å². The molecule has 1 unspecified atom stereocenters. The molecule has 1 saturated heterocycles. The molecule has 1 aliphatic heterocycles. The molecule has 1 atom stereocenters. The maximum absolute atomic E-state index is 5.95. The SMILES string of the molecule is CN=C(NCCCOC1CCOC1)NCCOCc1cccc(Cl)c1. The summed E-state index contributed by atoms with van der Waals surface area (Å²) < 4.78 is 16.6. The number of halogens is 1. The highest BCUT2D eigenvalue weighted by molar-refractivity contribution is 6.30. The third-order valence-corrected chi connectivity index (χ3v) is 4.01. The molecule has 1 heterocycles. The number of benzene rings is 1. The molecule has 1 aliphatic rings. The summed E-state index contributed by atoms with van der Waals surface area (Å²) in [6.07, 6.45) is 2.21. The van der Waals surface area contributed by atoms with Gasteiger partial charge in [0.2, 0.25) is 0 Å². The summed E-state index contributed by atoms with van der Waals surface area (Å²) in [6, 6.07) is 7.69. The van der Waals surface area contributed by atoms with E-state index in [1.165, 1.54) is 0 Å². The fourth-order valence-corrected chi connectivity index (χ4v) is 2.67. The van der Waals surface area contributed by atoms with E-state index >= 15 is 0 Å². The molecule has 1 fully saturated rings. The molecule has 0 aromatic heterocycles. The van der Waals surface area contributed by atoms with E-state index in [2.05, 4.69) is 15.6 Å². The van der Waals surface area contributed by atoms with Crippen LogP contribution in [0.4, 0.5) is 0 Å². The second-order valence-corrected chi connectivity index (χ2v) is 6.25. The Morgan fingerprint density at radius 3 is 2.96 bits per heavy atom. The summed E-state index contributed by atoms with van der Waals surface area (Å²) in [5.41, 5.74) is 1.07. The van der Waals surface area contributed by atoms with Crippen LogP contribution in [0.15, 0.2) is 29.3 Å². The number of guanidine groups is 1. The van der Waals surface area contributed by atoms with Crippen LogP contribution in [0.3, 0.4) is 0 Å². The highest BCUT2D eigenvalue weighted by Gasteiger charge is 2.15. The summed E-state index contributed by atoms with van der Waals surface area (Å²) in [4.78, 5) is 4.19. The van der Waals surface area contributed by atoms with E-state index in [9.17, 15) is 0 Å². The van der Waals surface area contributed by atoms with E-state index in [1.807, 2.05) is 24.3 Å². The number of nitrogens with one attached hydrogen (secondary N) is 2. The third kappa shape index (κ3) is 8.54. The predicted octanol–water partition coefficient (Wildman–Crippen LogP) is 2.22. The molecule has 7 heteroatoms. The van der Waals surface area contributed by atoms with Crippen LogP contribution in [-0.4, -0.2) is 58.6 Å². The van der Waals surface area contributed by atoms with Gasteiger partial charge in [0.05, 0.1) is 25.9 Å². The van der Waals surface area contributed by atoms with Crippen LogP contribution in [0.5, 0.6) is 0 Å². The lowest BCUT2D eigenvalue weighted by Gasteiger charge is -2.13. The number of ether oxygens (including phenoxy) is 3. The van der Waals surface area contributed by atoms with Gasteiger partial charge in [0.1, 0.15) is 0 Å². The maximum atomic E-state index is 5.95. The van der Waals surface area contributed by atoms with Crippen LogP contribution in [0.2, 0.25) is 5.02 Å². The van der Waals surface area contributed by atoms with Gasteiger partial charge in [-0.25, -0.2) is 0 Å². The molecule has 1 aromatic carbocycles. The molecule has 2 rings (SSSR count). The molecule has 0 amide bonds. The Kier molecular flexibility index (Phi) is 9.66. The van der Waals surface area contributed by atoms with Gasteiger partial charge in [0, 0.05) is 38.4 Å². The molecule has 2 N–H and O–H groups in total. The van der Waals surface area contributed by atoms with Crippen molar-refractivity contribution in [1.29, 1.82) is 0 Å². The van der Waals surface area contributed by atoms with Gasteiger partial charge in [-0.1, -0.05) is 23.7 Å². The Bertz CT molecular complexity index is 522. The van der Waals surface area contributed by atoms with Crippen molar-refractivity contribution in [3.63, 3.8) is 0 Å². The van der Waals surface area contributed by atoms with Crippen LogP contribution in [0.1, 0.15) is 18.4 Å². The van der Waals surface area contributed by atoms with Crippen molar-refractivity contribution in [2.45, 2.75) is 25.6 Å². The maximum Gasteiger partial charge on any atom is 0.191 e. The van der Waals surface area contributed by atoms with Gasteiger partial charge in [-0.15, -0.1) is 0 Å². The zero-order valence-electron chi connectivity index (χ0n) is 14.8. The summed E-state index contributed by atoms with van der Waals surface area (Å²) >= 11 is 5.95. The largest absolute Gasteiger partial charge is 0.379 e. The quantitative estimate of drug-likeness (QED) is 0.376. The van der Waals surface area contributed by atoms with Gasteiger partial charge in [0.25, 0.3) is 0 Å². The molecule has 25 heavy (non-hydrogen) atoms. The van der Waals surface area contributed by atoms with Crippen molar-refractivity contribution in [1.82, 2.24) is 10.6 Å². The number of hydrogen-bond donors (Lipinski definition) is 2. The minimum absolute atomic E-state index is 0.272. The van der Waals surface area contributed by atoms with Crippen molar-refractivity contribution in [3.05, 3.63) is 34.9 Å². The van der Waals surface area contributed by atoms with E-state index in [4.69, 9.17) is 25.8 Å². The summed E-state index contributed by atoms with van der Waals surface area (Å²) in [5, 5.41) is 7.22. The smallest absolute Gasteiger partial charge is 0.191 e. The zero-order chi connectivity index (χ0) is 17.7. The highest BCUT2D eigenvalue weighted by atomic mass is 35.5. The van der Waals surface area contributed by atoms with E-state index in [0.717, 1.165) is 55.8 Å².